The SMILES string of the molecule is N#CCc1c(N2CCC3(CC2)CC3)c2cc(C=O)ncc2[nH]c1=O. The Balaban J connectivity index is 1.88. The third-order valence-corrected chi connectivity index (χ3v) is 5.46. The highest BCUT2D eigenvalue weighted by Crippen LogP contribution is 2.54. The second-order valence-corrected chi connectivity index (χ2v) is 6.88. The van der Waals surface area contributed by atoms with Gasteiger partial charge in [-0.05, 0) is 37.2 Å². The molecule has 3 heterocycles. The molecule has 24 heavy (non-hydrogen) atoms. The molecule has 2 aromatic rings. The summed E-state index contributed by atoms with van der Waals surface area (Å²) < 4.78 is 0. The molecule has 122 valence electrons. The van der Waals surface area contributed by atoms with E-state index in [0.29, 0.717) is 28.5 Å². The van der Waals surface area contributed by atoms with Gasteiger partial charge in [0.05, 0.1) is 35.5 Å². The van der Waals surface area contributed by atoms with E-state index in [1.807, 2.05) is 0 Å². The quantitative estimate of drug-likeness (QED) is 0.875. The van der Waals surface area contributed by atoms with Crippen molar-refractivity contribution in [3.8, 4) is 6.07 Å². The van der Waals surface area contributed by atoms with Gasteiger partial charge >= 0.3 is 0 Å². The van der Waals surface area contributed by atoms with Crippen molar-refractivity contribution in [2.75, 3.05) is 18.0 Å². The minimum atomic E-state index is -0.244. The Labute approximate surface area is 139 Å². The van der Waals surface area contributed by atoms with E-state index in [2.05, 4.69) is 20.9 Å². The number of hydrogen-bond acceptors (Lipinski definition) is 5. The van der Waals surface area contributed by atoms with Gasteiger partial charge < -0.3 is 9.88 Å². The van der Waals surface area contributed by atoms with E-state index < -0.39 is 0 Å². The van der Waals surface area contributed by atoms with Crippen molar-refractivity contribution in [2.45, 2.75) is 32.1 Å². The van der Waals surface area contributed by atoms with E-state index >= 15 is 0 Å². The van der Waals surface area contributed by atoms with Crippen molar-refractivity contribution in [2.24, 2.45) is 5.41 Å². The molecule has 1 aliphatic heterocycles. The molecule has 0 unspecified atom stereocenters. The van der Waals surface area contributed by atoms with Crippen LogP contribution in [0.4, 0.5) is 5.69 Å². The van der Waals surface area contributed by atoms with Gasteiger partial charge in [-0.1, -0.05) is 0 Å². The first kappa shape index (κ1) is 14.9. The van der Waals surface area contributed by atoms with Gasteiger partial charge in [-0.3, -0.25) is 14.6 Å². The summed E-state index contributed by atoms with van der Waals surface area (Å²) in [5, 5.41) is 9.94. The molecule has 4 rings (SSSR count). The summed E-state index contributed by atoms with van der Waals surface area (Å²) >= 11 is 0. The Morgan fingerprint density at radius 1 is 1.33 bits per heavy atom. The van der Waals surface area contributed by atoms with Crippen molar-refractivity contribution in [1.82, 2.24) is 9.97 Å². The molecule has 1 N–H and O–H groups in total. The molecule has 1 spiro atoms. The van der Waals surface area contributed by atoms with E-state index in [0.717, 1.165) is 37.0 Å². The van der Waals surface area contributed by atoms with Gasteiger partial charge in [-0.2, -0.15) is 5.26 Å². The molecule has 2 aliphatic rings. The first-order valence-electron chi connectivity index (χ1n) is 8.28. The van der Waals surface area contributed by atoms with Crippen molar-refractivity contribution < 1.29 is 4.79 Å². The van der Waals surface area contributed by atoms with Crippen LogP contribution in [0, 0.1) is 16.7 Å². The van der Waals surface area contributed by atoms with Crippen LogP contribution < -0.4 is 10.5 Å². The lowest BCUT2D eigenvalue weighted by molar-refractivity contribution is 0.111. The zero-order valence-corrected chi connectivity index (χ0v) is 13.3. The Morgan fingerprint density at radius 2 is 2.08 bits per heavy atom. The predicted molar refractivity (Wildman–Crippen MR) is 90.2 cm³/mol. The lowest BCUT2D eigenvalue weighted by atomic mass is 9.92. The van der Waals surface area contributed by atoms with Crippen LogP contribution in [0.1, 0.15) is 41.7 Å². The number of nitriles is 1. The number of hydrogen-bond donors (Lipinski definition) is 1. The Kier molecular flexibility index (Phi) is 3.38. The first-order chi connectivity index (χ1) is 11.7. The molecule has 6 nitrogen and oxygen atoms in total. The fraction of sp³-hybridized carbons (Fsp3) is 0.444. The Hall–Kier alpha value is -2.68. The summed E-state index contributed by atoms with van der Waals surface area (Å²) in [5.74, 6) is 0. The summed E-state index contributed by atoms with van der Waals surface area (Å²) in [6.07, 6.45) is 7.14. The number of H-pyrrole nitrogens is 1. The standard InChI is InChI=1S/C18H18N4O2/c19-6-1-13-16(22-7-4-18(2-3-18)5-8-22)14-9-12(11-23)20-10-15(14)21-17(13)24/h9-11H,1-5,7-8H2,(H,21,24). The number of carbonyl (C=O) groups excluding carboxylic acids is 1. The number of carbonyl (C=O) groups is 1. The van der Waals surface area contributed by atoms with Crippen LogP contribution in [0.25, 0.3) is 10.9 Å². The van der Waals surface area contributed by atoms with Gasteiger partial charge in [-0.25, -0.2) is 0 Å². The zero-order chi connectivity index (χ0) is 16.7. The minimum Gasteiger partial charge on any atom is -0.371 e. The number of aromatic nitrogens is 2. The number of anilines is 1. The molecule has 0 amide bonds. The minimum absolute atomic E-state index is 0.0565. The summed E-state index contributed by atoms with van der Waals surface area (Å²) in [6, 6.07) is 3.80. The highest BCUT2D eigenvalue weighted by atomic mass is 16.1. The maximum absolute atomic E-state index is 12.5. The molecule has 0 radical (unpaired) electrons. The number of nitrogens with one attached hydrogen (secondary N) is 1. The third-order valence-electron chi connectivity index (χ3n) is 5.46. The van der Waals surface area contributed by atoms with Crippen LogP contribution in [0.15, 0.2) is 17.1 Å². The fourth-order valence-corrected chi connectivity index (χ4v) is 3.79. The highest BCUT2D eigenvalue weighted by Gasteiger charge is 2.44. The maximum atomic E-state index is 12.5. The van der Waals surface area contributed by atoms with E-state index in [9.17, 15) is 9.59 Å². The molecule has 1 saturated heterocycles. The normalized spacial score (nSPS) is 18.5. The Morgan fingerprint density at radius 3 is 2.71 bits per heavy atom. The average Bonchev–Trinajstić information content (AvgIpc) is 3.36. The van der Waals surface area contributed by atoms with Crippen molar-refractivity contribution in [1.29, 1.82) is 5.26 Å². The van der Waals surface area contributed by atoms with E-state index in [1.54, 1.807) is 6.07 Å². The number of aldehydes is 1. The van der Waals surface area contributed by atoms with E-state index in [4.69, 9.17) is 5.26 Å². The van der Waals surface area contributed by atoms with Gasteiger partial charge in [0, 0.05) is 18.5 Å². The van der Waals surface area contributed by atoms with Gasteiger partial charge in [0.1, 0.15) is 5.69 Å². The van der Waals surface area contributed by atoms with Crippen LogP contribution >= 0.6 is 0 Å². The zero-order valence-electron chi connectivity index (χ0n) is 13.3. The molecule has 0 atom stereocenters. The van der Waals surface area contributed by atoms with Crippen molar-refractivity contribution >= 4 is 22.9 Å². The van der Waals surface area contributed by atoms with Gasteiger partial charge in [0.2, 0.25) is 0 Å². The van der Waals surface area contributed by atoms with Crippen molar-refractivity contribution in [3.05, 3.63) is 33.9 Å². The molecule has 0 bridgehead atoms. The molecular weight excluding hydrogens is 304 g/mol. The predicted octanol–water partition coefficient (Wildman–Crippen LogP) is 2.18. The van der Waals surface area contributed by atoms with Crippen LogP contribution in [0.3, 0.4) is 0 Å². The number of piperidine rings is 1. The number of aromatic amines is 1. The summed E-state index contributed by atoms with van der Waals surface area (Å²) in [6.45, 7) is 1.77. The average molecular weight is 322 g/mol. The van der Waals surface area contributed by atoms with Gasteiger partial charge in [0.15, 0.2) is 6.29 Å². The molecule has 1 saturated carbocycles. The monoisotopic (exact) mass is 322 g/mol. The maximum Gasteiger partial charge on any atom is 0.254 e. The molecule has 1 aliphatic carbocycles. The smallest absolute Gasteiger partial charge is 0.254 e. The molecule has 2 aromatic heterocycles. The first-order valence-corrected chi connectivity index (χ1v) is 8.28. The summed E-state index contributed by atoms with van der Waals surface area (Å²) in [7, 11) is 0. The fourth-order valence-electron chi connectivity index (χ4n) is 3.79. The lowest BCUT2D eigenvalue weighted by Gasteiger charge is -2.35. The van der Waals surface area contributed by atoms with Gasteiger partial charge in [-0.15, -0.1) is 0 Å². The van der Waals surface area contributed by atoms with Crippen LogP contribution in [-0.4, -0.2) is 29.3 Å². The summed E-state index contributed by atoms with van der Waals surface area (Å²) in [5.41, 5.74) is 2.50. The topological polar surface area (TPSA) is 89.8 Å². The number of rotatable bonds is 3. The Bertz CT molecular complexity index is 911. The number of pyridine rings is 2. The third kappa shape index (κ3) is 2.37. The van der Waals surface area contributed by atoms with E-state index in [1.165, 1.54) is 19.0 Å². The highest BCUT2D eigenvalue weighted by molar-refractivity contribution is 5.95. The molecule has 6 heteroatoms. The second kappa shape index (κ2) is 5.45. The summed E-state index contributed by atoms with van der Waals surface area (Å²) in [4.78, 5) is 32.6. The number of fused-ring (bicyclic) bond motifs is 1. The van der Waals surface area contributed by atoms with Gasteiger partial charge in [0.25, 0.3) is 5.56 Å². The largest absolute Gasteiger partial charge is 0.371 e. The number of nitrogens with zero attached hydrogens (tertiary/aromatic N) is 3. The van der Waals surface area contributed by atoms with Crippen molar-refractivity contribution in [3.63, 3.8) is 0 Å². The van der Waals surface area contributed by atoms with Crippen LogP contribution in [0.5, 0.6) is 0 Å². The van der Waals surface area contributed by atoms with Crippen LogP contribution in [-0.2, 0) is 6.42 Å². The second-order valence-electron chi connectivity index (χ2n) is 6.88. The molecular formula is C18H18N4O2. The van der Waals surface area contributed by atoms with Crippen LogP contribution in [0.2, 0.25) is 0 Å². The lowest BCUT2D eigenvalue weighted by Crippen LogP contribution is -2.36. The van der Waals surface area contributed by atoms with E-state index in [-0.39, 0.29) is 12.0 Å². The molecule has 2 fully saturated rings. The molecule has 0 aromatic carbocycles.